The Balaban J connectivity index is 2.22. The molecular weight excluding hydrogens is 346 g/mol. The molecule has 0 unspecified atom stereocenters. The number of carbonyl (C=O) groups excluding carboxylic acids is 1. The van der Waals surface area contributed by atoms with Crippen LogP contribution in [0.25, 0.3) is 0 Å². The summed E-state index contributed by atoms with van der Waals surface area (Å²) in [7, 11) is 3.20. The third-order valence-corrected chi connectivity index (χ3v) is 4.06. The van der Waals surface area contributed by atoms with Crippen molar-refractivity contribution < 1.29 is 23.7 Å². The summed E-state index contributed by atoms with van der Waals surface area (Å²) in [5.41, 5.74) is 1.33. The number of hydrogen-bond donors (Lipinski definition) is 1. The zero-order valence-electron chi connectivity index (χ0n) is 16.5. The standard InChI is InChI=1S/C21H27NO5/c1-6-26-19-10-8-15(12-20(19)27-7-2)21(23)22-14(3)17-13-16(24-4)9-11-18(17)25-5/h8-14H,6-7H2,1-5H3,(H,22,23)/t14-/m1/s1. The molecule has 0 aromatic heterocycles. The average molecular weight is 373 g/mol. The maximum absolute atomic E-state index is 12.7. The quantitative estimate of drug-likeness (QED) is 0.720. The molecule has 0 spiro atoms. The molecule has 0 heterocycles. The van der Waals surface area contributed by atoms with Crippen molar-refractivity contribution >= 4 is 5.91 Å². The van der Waals surface area contributed by atoms with Crippen molar-refractivity contribution in [2.45, 2.75) is 26.8 Å². The van der Waals surface area contributed by atoms with Crippen LogP contribution in [0.1, 0.15) is 42.7 Å². The van der Waals surface area contributed by atoms with Gasteiger partial charge in [0.1, 0.15) is 11.5 Å². The second kappa shape index (κ2) is 9.71. The van der Waals surface area contributed by atoms with Gasteiger partial charge in [0.15, 0.2) is 11.5 Å². The van der Waals surface area contributed by atoms with Gasteiger partial charge in [-0.05, 0) is 57.2 Å². The largest absolute Gasteiger partial charge is 0.497 e. The van der Waals surface area contributed by atoms with Gasteiger partial charge < -0.3 is 24.3 Å². The Morgan fingerprint density at radius 2 is 1.59 bits per heavy atom. The zero-order valence-corrected chi connectivity index (χ0v) is 16.5. The number of nitrogens with one attached hydrogen (secondary N) is 1. The van der Waals surface area contributed by atoms with E-state index in [1.54, 1.807) is 32.4 Å². The molecule has 1 N–H and O–H groups in total. The number of ether oxygens (including phenoxy) is 4. The Morgan fingerprint density at radius 1 is 0.926 bits per heavy atom. The first-order valence-corrected chi connectivity index (χ1v) is 8.96. The molecule has 0 aliphatic carbocycles. The van der Waals surface area contributed by atoms with Crippen molar-refractivity contribution in [1.29, 1.82) is 0 Å². The Morgan fingerprint density at radius 3 is 2.22 bits per heavy atom. The van der Waals surface area contributed by atoms with Gasteiger partial charge in [-0.25, -0.2) is 0 Å². The Bertz CT molecular complexity index is 775. The van der Waals surface area contributed by atoms with Crippen LogP contribution in [0.15, 0.2) is 36.4 Å². The van der Waals surface area contributed by atoms with Crippen molar-refractivity contribution in [3.8, 4) is 23.0 Å². The molecule has 146 valence electrons. The van der Waals surface area contributed by atoms with Crippen molar-refractivity contribution in [1.82, 2.24) is 5.32 Å². The van der Waals surface area contributed by atoms with Crippen LogP contribution in [0.3, 0.4) is 0 Å². The first kappa shape index (κ1) is 20.4. The fraction of sp³-hybridized carbons (Fsp3) is 0.381. The van der Waals surface area contributed by atoms with Gasteiger partial charge in [-0.1, -0.05) is 0 Å². The minimum Gasteiger partial charge on any atom is -0.497 e. The van der Waals surface area contributed by atoms with E-state index < -0.39 is 0 Å². The summed E-state index contributed by atoms with van der Waals surface area (Å²) in [5, 5.41) is 2.99. The monoisotopic (exact) mass is 373 g/mol. The molecule has 0 fully saturated rings. The number of benzene rings is 2. The van der Waals surface area contributed by atoms with Gasteiger partial charge in [0, 0.05) is 11.1 Å². The molecule has 0 saturated carbocycles. The van der Waals surface area contributed by atoms with Gasteiger partial charge in [-0.2, -0.15) is 0 Å². The van der Waals surface area contributed by atoms with E-state index in [1.165, 1.54) is 0 Å². The molecule has 0 bridgehead atoms. The molecule has 1 atom stereocenters. The van der Waals surface area contributed by atoms with E-state index in [0.29, 0.717) is 41.8 Å². The molecule has 27 heavy (non-hydrogen) atoms. The van der Waals surface area contributed by atoms with Crippen molar-refractivity contribution in [3.63, 3.8) is 0 Å². The van der Waals surface area contributed by atoms with Gasteiger partial charge in [0.05, 0.1) is 33.5 Å². The highest BCUT2D eigenvalue weighted by Gasteiger charge is 2.18. The normalized spacial score (nSPS) is 11.4. The van der Waals surface area contributed by atoms with Crippen LogP contribution < -0.4 is 24.3 Å². The second-order valence-corrected chi connectivity index (χ2v) is 5.83. The topological polar surface area (TPSA) is 66.0 Å². The SMILES string of the molecule is CCOc1ccc(C(=O)N[C@H](C)c2cc(OC)ccc2OC)cc1OCC. The molecule has 0 saturated heterocycles. The molecule has 6 heteroatoms. The van der Waals surface area contributed by atoms with Crippen LogP contribution in [0.4, 0.5) is 0 Å². The van der Waals surface area contributed by atoms with E-state index in [1.807, 2.05) is 39.0 Å². The minimum absolute atomic E-state index is 0.212. The van der Waals surface area contributed by atoms with E-state index in [-0.39, 0.29) is 11.9 Å². The van der Waals surface area contributed by atoms with Gasteiger partial charge in [0.2, 0.25) is 0 Å². The van der Waals surface area contributed by atoms with Crippen LogP contribution in [-0.2, 0) is 0 Å². The summed E-state index contributed by atoms with van der Waals surface area (Å²) >= 11 is 0. The van der Waals surface area contributed by atoms with E-state index in [9.17, 15) is 4.79 Å². The summed E-state index contributed by atoms with van der Waals surface area (Å²) in [5.74, 6) is 2.35. The average Bonchev–Trinajstić information content (AvgIpc) is 2.68. The molecule has 2 aromatic rings. The van der Waals surface area contributed by atoms with Crippen LogP contribution in [0.5, 0.6) is 23.0 Å². The third-order valence-electron chi connectivity index (χ3n) is 4.06. The molecule has 1 amide bonds. The summed E-state index contributed by atoms with van der Waals surface area (Å²) < 4.78 is 21.8. The van der Waals surface area contributed by atoms with Gasteiger partial charge in [0.25, 0.3) is 5.91 Å². The van der Waals surface area contributed by atoms with Crippen molar-refractivity contribution in [3.05, 3.63) is 47.5 Å². The van der Waals surface area contributed by atoms with E-state index in [2.05, 4.69) is 5.32 Å². The highest BCUT2D eigenvalue weighted by Crippen LogP contribution is 2.31. The number of carbonyl (C=O) groups is 1. The fourth-order valence-electron chi connectivity index (χ4n) is 2.73. The number of methoxy groups -OCH3 is 2. The second-order valence-electron chi connectivity index (χ2n) is 5.83. The van der Waals surface area contributed by atoms with Crippen molar-refractivity contribution in [2.75, 3.05) is 27.4 Å². The fourth-order valence-corrected chi connectivity index (χ4v) is 2.73. The van der Waals surface area contributed by atoms with Crippen LogP contribution in [0, 0.1) is 0 Å². The number of hydrogen-bond acceptors (Lipinski definition) is 5. The molecule has 2 aromatic carbocycles. The smallest absolute Gasteiger partial charge is 0.251 e. The summed E-state index contributed by atoms with van der Waals surface area (Å²) in [4.78, 5) is 12.7. The predicted octanol–water partition coefficient (Wildman–Crippen LogP) is 3.99. The lowest BCUT2D eigenvalue weighted by Gasteiger charge is -2.19. The molecule has 0 aliphatic rings. The third kappa shape index (κ3) is 5.06. The van der Waals surface area contributed by atoms with E-state index in [0.717, 1.165) is 5.56 Å². The van der Waals surface area contributed by atoms with Crippen LogP contribution in [0.2, 0.25) is 0 Å². The zero-order chi connectivity index (χ0) is 19.8. The first-order valence-electron chi connectivity index (χ1n) is 8.96. The van der Waals surface area contributed by atoms with Gasteiger partial charge in [-0.15, -0.1) is 0 Å². The van der Waals surface area contributed by atoms with Gasteiger partial charge >= 0.3 is 0 Å². The lowest BCUT2D eigenvalue weighted by molar-refractivity contribution is 0.0939. The summed E-state index contributed by atoms with van der Waals surface area (Å²) in [6.07, 6.45) is 0. The highest BCUT2D eigenvalue weighted by atomic mass is 16.5. The van der Waals surface area contributed by atoms with Crippen LogP contribution in [-0.4, -0.2) is 33.3 Å². The molecular formula is C21H27NO5. The first-order chi connectivity index (χ1) is 13.0. The Hall–Kier alpha value is -2.89. The summed E-state index contributed by atoms with van der Waals surface area (Å²) in [6.45, 7) is 6.70. The molecule has 2 rings (SSSR count). The highest BCUT2D eigenvalue weighted by molar-refractivity contribution is 5.95. The lowest BCUT2D eigenvalue weighted by Crippen LogP contribution is -2.27. The van der Waals surface area contributed by atoms with Crippen LogP contribution >= 0.6 is 0 Å². The van der Waals surface area contributed by atoms with E-state index >= 15 is 0 Å². The Kier molecular flexibility index (Phi) is 7.34. The predicted molar refractivity (Wildman–Crippen MR) is 104 cm³/mol. The number of amides is 1. The summed E-state index contributed by atoms with van der Waals surface area (Å²) in [6, 6.07) is 10.4. The number of rotatable bonds is 9. The van der Waals surface area contributed by atoms with Gasteiger partial charge in [-0.3, -0.25) is 4.79 Å². The molecule has 0 radical (unpaired) electrons. The lowest BCUT2D eigenvalue weighted by atomic mass is 10.1. The maximum Gasteiger partial charge on any atom is 0.251 e. The van der Waals surface area contributed by atoms with E-state index in [4.69, 9.17) is 18.9 Å². The molecule has 6 nitrogen and oxygen atoms in total. The van der Waals surface area contributed by atoms with Crippen molar-refractivity contribution in [2.24, 2.45) is 0 Å². The minimum atomic E-state index is -0.273. The molecule has 0 aliphatic heterocycles. The maximum atomic E-state index is 12.7. The Labute approximate surface area is 160 Å².